The molecule has 1 aliphatic rings. The van der Waals surface area contributed by atoms with E-state index in [2.05, 4.69) is 28.1 Å². The molecule has 0 atom stereocenters. The fourth-order valence-corrected chi connectivity index (χ4v) is 3.43. The molecule has 0 spiro atoms. The van der Waals surface area contributed by atoms with Gasteiger partial charge in [0.1, 0.15) is 5.75 Å². The van der Waals surface area contributed by atoms with Crippen molar-refractivity contribution in [2.45, 2.75) is 24.2 Å². The van der Waals surface area contributed by atoms with Crippen LogP contribution in [0.1, 0.15) is 19.3 Å². The first-order valence-corrected chi connectivity index (χ1v) is 7.04. The summed E-state index contributed by atoms with van der Waals surface area (Å²) in [5.41, 5.74) is 0. The van der Waals surface area contributed by atoms with E-state index in [4.69, 9.17) is 4.74 Å². The average Bonchev–Trinajstić information content (AvgIpc) is 2.16. The number of methoxy groups -OCH3 is 1. The lowest BCUT2D eigenvalue weighted by atomic mass is 9.87. The molecule has 0 aromatic heterocycles. The maximum Gasteiger partial charge on any atom is 0.133 e. The first kappa shape index (κ1) is 11.3. The molecule has 1 nitrogen and oxygen atoms in total. The van der Waals surface area contributed by atoms with Crippen LogP contribution in [-0.4, -0.2) is 12.9 Å². The summed E-state index contributed by atoms with van der Waals surface area (Å²) in [7, 11) is 1.70. The van der Waals surface area contributed by atoms with E-state index in [0.717, 1.165) is 16.1 Å². The molecule has 0 heterocycles. The van der Waals surface area contributed by atoms with Gasteiger partial charge in [0.25, 0.3) is 0 Å². The van der Waals surface area contributed by atoms with Gasteiger partial charge in [0.15, 0.2) is 0 Å². The lowest BCUT2D eigenvalue weighted by Crippen LogP contribution is -2.13. The Morgan fingerprint density at radius 1 is 1.47 bits per heavy atom. The fraction of sp³-hybridized carbons (Fsp3) is 0.500. The van der Waals surface area contributed by atoms with E-state index in [9.17, 15) is 0 Å². The van der Waals surface area contributed by atoms with E-state index < -0.39 is 0 Å². The summed E-state index contributed by atoms with van der Waals surface area (Å²) in [5, 5.41) is 0. The molecule has 82 valence electrons. The second-order valence-corrected chi connectivity index (χ2v) is 5.85. The van der Waals surface area contributed by atoms with Gasteiger partial charge in [-0.15, -0.1) is 11.8 Å². The molecule has 0 amide bonds. The van der Waals surface area contributed by atoms with Gasteiger partial charge in [-0.05, 0) is 52.9 Å². The molecule has 1 saturated carbocycles. The third kappa shape index (κ3) is 2.91. The van der Waals surface area contributed by atoms with Crippen molar-refractivity contribution < 1.29 is 4.74 Å². The quantitative estimate of drug-likeness (QED) is 0.761. The third-order valence-corrected chi connectivity index (χ3v) is 4.68. The summed E-state index contributed by atoms with van der Waals surface area (Å²) in [6, 6.07) is 6.29. The highest BCUT2D eigenvalue weighted by atomic mass is 79.9. The second kappa shape index (κ2) is 5.26. The van der Waals surface area contributed by atoms with Crippen molar-refractivity contribution in [1.82, 2.24) is 0 Å². The number of benzene rings is 1. The van der Waals surface area contributed by atoms with Crippen molar-refractivity contribution in [1.29, 1.82) is 0 Å². The summed E-state index contributed by atoms with van der Waals surface area (Å²) >= 11 is 5.46. The monoisotopic (exact) mass is 286 g/mol. The lowest BCUT2D eigenvalue weighted by molar-refractivity contribution is 0.353. The van der Waals surface area contributed by atoms with Gasteiger partial charge in [0.2, 0.25) is 0 Å². The van der Waals surface area contributed by atoms with Crippen LogP contribution in [0, 0.1) is 5.92 Å². The Kier molecular flexibility index (Phi) is 3.98. The Labute approximate surface area is 104 Å². The zero-order valence-electron chi connectivity index (χ0n) is 8.83. The van der Waals surface area contributed by atoms with Gasteiger partial charge in [-0.1, -0.05) is 6.42 Å². The molecule has 1 aromatic carbocycles. The minimum absolute atomic E-state index is 0.906. The highest BCUT2D eigenvalue weighted by Crippen LogP contribution is 2.35. The lowest BCUT2D eigenvalue weighted by Gasteiger charge is -2.24. The van der Waals surface area contributed by atoms with Gasteiger partial charge in [-0.25, -0.2) is 0 Å². The molecular formula is C12H15BrOS. The third-order valence-electron chi connectivity index (χ3n) is 2.83. The minimum Gasteiger partial charge on any atom is -0.496 e. The Morgan fingerprint density at radius 3 is 2.80 bits per heavy atom. The predicted molar refractivity (Wildman–Crippen MR) is 68.8 cm³/mol. The minimum atomic E-state index is 0.906. The first-order valence-electron chi connectivity index (χ1n) is 5.26. The molecule has 1 aliphatic carbocycles. The molecule has 0 aliphatic heterocycles. The maximum absolute atomic E-state index is 5.20. The summed E-state index contributed by atoms with van der Waals surface area (Å²) in [5.74, 6) is 3.12. The molecule has 1 aromatic rings. The van der Waals surface area contributed by atoms with Gasteiger partial charge in [0.05, 0.1) is 11.6 Å². The summed E-state index contributed by atoms with van der Waals surface area (Å²) < 4.78 is 6.25. The molecule has 0 bridgehead atoms. The van der Waals surface area contributed by atoms with Gasteiger partial charge >= 0.3 is 0 Å². The van der Waals surface area contributed by atoms with Crippen molar-refractivity contribution in [3.8, 4) is 5.75 Å². The predicted octanol–water partition coefficient (Wildman–Crippen LogP) is 4.35. The SMILES string of the molecule is COc1ccc(SCC2CCC2)cc1Br. The van der Waals surface area contributed by atoms with E-state index in [1.807, 2.05) is 17.8 Å². The van der Waals surface area contributed by atoms with E-state index >= 15 is 0 Å². The van der Waals surface area contributed by atoms with E-state index in [1.165, 1.54) is 29.9 Å². The Balaban J connectivity index is 1.93. The van der Waals surface area contributed by atoms with Crippen LogP contribution in [0.2, 0.25) is 0 Å². The molecule has 1 fully saturated rings. The second-order valence-electron chi connectivity index (χ2n) is 3.90. The van der Waals surface area contributed by atoms with Crippen molar-refractivity contribution in [2.75, 3.05) is 12.9 Å². The molecule has 0 unspecified atom stereocenters. The standard InChI is InChI=1S/C12H15BrOS/c1-14-12-6-5-10(7-11(12)13)15-8-9-3-2-4-9/h5-7,9H,2-4,8H2,1H3. The largest absolute Gasteiger partial charge is 0.496 e. The highest BCUT2D eigenvalue weighted by molar-refractivity contribution is 9.10. The number of thioether (sulfide) groups is 1. The normalized spacial score (nSPS) is 16.1. The summed E-state index contributed by atoms with van der Waals surface area (Å²) in [4.78, 5) is 1.33. The Hall–Kier alpha value is -0.150. The highest BCUT2D eigenvalue weighted by Gasteiger charge is 2.17. The maximum atomic E-state index is 5.20. The van der Waals surface area contributed by atoms with Crippen molar-refractivity contribution in [3.63, 3.8) is 0 Å². The molecule has 2 rings (SSSR count). The van der Waals surface area contributed by atoms with E-state index in [0.29, 0.717) is 0 Å². The fourth-order valence-electron chi connectivity index (χ4n) is 1.61. The number of hydrogen-bond donors (Lipinski definition) is 0. The smallest absolute Gasteiger partial charge is 0.133 e. The molecule has 0 saturated heterocycles. The summed E-state index contributed by atoms with van der Waals surface area (Å²) in [6.07, 6.45) is 4.27. The van der Waals surface area contributed by atoms with Crippen LogP contribution < -0.4 is 4.74 Å². The average molecular weight is 287 g/mol. The van der Waals surface area contributed by atoms with Crippen molar-refractivity contribution in [3.05, 3.63) is 22.7 Å². The first-order chi connectivity index (χ1) is 7.29. The van der Waals surface area contributed by atoms with Crippen LogP contribution in [-0.2, 0) is 0 Å². The van der Waals surface area contributed by atoms with Crippen LogP contribution in [0.5, 0.6) is 5.75 Å². The van der Waals surface area contributed by atoms with Crippen LogP contribution in [0.4, 0.5) is 0 Å². The van der Waals surface area contributed by atoms with Crippen molar-refractivity contribution in [2.24, 2.45) is 5.92 Å². The molecule has 15 heavy (non-hydrogen) atoms. The molecular weight excluding hydrogens is 272 g/mol. The Bertz CT molecular complexity index is 336. The number of hydrogen-bond acceptors (Lipinski definition) is 2. The number of rotatable bonds is 4. The molecule has 3 heteroatoms. The van der Waals surface area contributed by atoms with Gasteiger partial charge < -0.3 is 4.74 Å². The number of halogens is 1. The van der Waals surface area contributed by atoms with Crippen LogP contribution in [0.15, 0.2) is 27.6 Å². The van der Waals surface area contributed by atoms with E-state index in [-0.39, 0.29) is 0 Å². The van der Waals surface area contributed by atoms with Gasteiger partial charge in [-0.2, -0.15) is 0 Å². The van der Waals surface area contributed by atoms with Crippen LogP contribution in [0.25, 0.3) is 0 Å². The van der Waals surface area contributed by atoms with Gasteiger partial charge in [0, 0.05) is 10.6 Å². The van der Waals surface area contributed by atoms with E-state index in [1.54, 1.807) is 7.11 Å². The zero-order valence-corrected chi connectivity index (χ0v) is 11.2. The Morgan fingerprint density at radius 2 is 2.27 bits per heavy atom. The summed E-state index contributed by atoms with van der Waals surface area (Å²) in [6.45, 7) is 0. The van der Waals surface area contributed by atoms with Crippen LogP contribution in [0.3, 0.4) is 0 Å². The van der Waals surface area contributed by atoms with Crippen molar-refractivity contribution >= 4 is 27.7 Å². The topological polar surface area (TPSA) is 9.23 Å². The molecule has 0 radical (unpaired) electrons. The van der Waals surface area contributed by atoms with Crippen LogP contribution >= 0.6 is 27.7 Å². The zero-order chi connectivity index (χ0) is 10.7. The van der Waals surface area contributed by atoms with Gasteiger partial charge in [-0.3, -0.25) is 0 Å². The molecule has 0 N–H and O–H groups in total. The number of ether oxygens (including phenoxy) is 1.